The maximum absolute atomic E-state index is 13.3. The number of hydrogen-bond acceptors (Lipinski definition) is 6. The average Bonchev–Trinajstić information content (AvgIpc) is 2.81. The Hall–Kier alpha value is -2.84. The zero-order valence-electron chi connectivity index (χ0n) is 19.5. The number of methoxy groups -OCH3 is 1. The molecular formula is C25H32N2O5S. The van der Waals surface area contributed by atoms with Crippen molar-refractivity contribution in [2.45, 2.75) is 44.9 Å². The topological polar surface area (TPSA) is 93.7 Å². The molecule has 2 unspecified atom stereocenters. The Bertz CT molecular complexity index is 908. The van der Waals surface area contributed by atoms with Gasteiger partial charge in [0.2, 0.25) is 11.6 Å². The van der Waals surface area contributed by atoms with E-state index < -0.39 is 29.6 Å². The molecule has 0 saturated heterocycles. The predicted octanol–water partition coefficient (Wildman–Crippen LogP) is 3.28. The maximum atomic E-state index is 13.3. The first kappa shape index (κ1) is 26.4. The van der Waals surface area contributed by atoms with E-state index in [-0.39, 0.29) is 18.3 Å². The van der Waals surface area contributed by atoms with Crippen LogP contribution < -0.4 is 10.6 Å². The summed E-state index contributed by atoms with van der Waals surface area (Å²) in [5.41, 5.74) is 0.305. The molecule has 2 atom stereocenters. The van der Waals surface area contributed by atoms with Crippen LogP contribution in [0.15, 0.2) is 60.7 Å². The molecule has 2 aromatic rings. The number of carbonyl (C=O) groups is 3. The summed E-state index contributed by atoms with van der Waals surface area (Å²) >= 11 is 1.44. The molecule has 2 N–H and O–H groups in total. The Morgan fingerprint density at radius 1 is 0.970 bits per heavy atom. The number of esters is 1. The van der Waals surface area contributed by atoms with E-state index in [1.54, 1.807) is 0 Å². The molecule has 0 aliphatic heterocycles. The molecule has 0 aliphatic rings. The van der Waals surface area contributed by atoms with Crippen LogP contribution in [-0.4, -0.2) is 42.4 Å². The molecule has 178 valence electrons. The Balaban J connectivity index is 2.09. The Kier molecular flexibility index (Phi) is 10.4. The lowest BCUT2D eigenvalue weighted by Gasteiger charge is -2.33. The van der Waals surface area contributed by atoms with E-state index in [1.807, 2.05) is 74.5 Å². The fourth-order valence-corrected chi connectivity index (χ4v) is 4.25. The maximum Gasteiger partial charge on any atom is 0.329 e. The fourth-order valence-electron chi connectivity index (χ4n) is 3.11. The molecule has 2 amide bonds. The highest BCUT2D eigenvalue weighted by Gasteiger charge is 2.42. The van der Waals surface area contributed by atoms with E-state index in [4.69, 9.17) is 9.47 Å². The molecule has 0 aromatic heterocycles. The van der Waals surface area contributed by atoms with Crippen LogP contribution in [-0.2, 0) is 36.2 Å². The highest BCUT2D eigenvalue weighted by atomic mass is 32.2. The number of hydrogen-bond donors (Lipinski definition) is 2. The van der Waals surface area contributed by atoms with Gasteiger partial charge in [0, 0.05) is 19.8 Å². The van der Waals surface area contributed by atoms with Crippen molar-refractivity contribution in [2.24, 2.45) is 5.92 Å². The van der Waals surface area contributed by atoms with Gasteiger partial charge < -0.3 is 20.1 Å². The van der Waals surface area contributed by atoms with Crippen molar-refractivity contribution in [3.63, 3.8) is 0 Å². The smallest absolute Gasteiger partial charge is 0.329 e. The van der Waals surface area contributed by atoms with Gasteiger partial charge in [-0.15, -0.1) is 0 Å². The van der Waals surface area contributed by atoms with Crippen molar-refractivity contribution >= 4 is 29.5 Å². The van der Waals surface area contributed by atoms with Gasteiger partial charge in [-0.1, -0.05) is 74.5 Å². The SMILES string of the molecule is COC(CSCc1ccccc1)(NC(C)=O)C(=O)NC(C(=O)OCc1ccccc1)C(C)C. The molecule has 0 radical (unpaired) electrons. The van der Waals surface area contributed by atoms with Crippen molar-refractivity contribution in [3.8, 4) is 0 Å². The Morgan fingerprint density at radius 3 is 2.06 bits per heavy atom. The van der Waals surface area contributed by atoms with Gasteiger partial charge in [-0.3, -0.25) is 9.59 Å². The Morgan fingerprint density at radius 2 is 1.55 bits per heavy atom. The highest BCUT2D eigenvalue weighted by Crippen LogP contribution is 2.21. The predicted molar refractivity (Wildman–Crippen MR) is 129 cm³/mol. The molecule has 0 spiro atoms. The van der Waals surface area contributed by atoms with Crippen LogP contribution in [0.4, 0.5) is 0 Å². The number of thioether (sulfide) groups is 1. The minimum Gasteiger partial charge on any atom is -0.459 e. The van der Waals surface area contributed by atoms with E-state index in [0.29, 0.717) is 5.75 Å². The van der Waals surface area contributed by atoms with Crippen molar-refractivity contribution in [3.05, 3.63) is 71.8 Å². The van der Waals surface area contributed by atoms with Crippen molar-refractivity contribution in [1.82, 2.24) is 10.6 Å². The van der Waals surface area contributed by atoms with Gasteiger partial charge in [-0.25, -0.2) is 4.79 Å². The fraction of sp³-hybridized carbons (Fsp3) is 0.400. The van der Waals surface area contributed by atoms with Gasteiger partial charge >= 0.3 is 5.97 Å². The molecule has 2 rings (SSSR count). The quantitative estimate of drug-likeness (QED) is 0.364. The van der Waals surface area contributed by atoms with Gasteiger partial charge in [-0.2, -0.15) is 11.8 Å². The molecule has 0 saturated carbocycles. The van der Waals surface area contributed by atoms with E-state index in [2.05, 4.69) is 10.6 Å². The van der Waals surface area contributed by atoms with Gasteiger partial charge in [0.25, 0.3) is 5.91 Å². The standard InChI is InChI=1S/C25H32N2O5S/c1-18(2)22(23(29)32-15-20-11-7-5-8-12-20)26-24(30)25(31-4,27-19(3)28)17-33-16-21-13-9-6-10-14-21/h5-14,18,22H,15-17H2,1-4H3,(H,26,30)(H,27,28). The molecular weight excluding hydrogens is 440 g/mol. The van der Waals surface area contributed by atoms with Crippen LogP contribution in [0, 0.1) is 5.92 Å². The van der Waals surface area contributed by atoms with Crippen LogP contribution >= 0.6 is 11.8 Å². The van der Waals surface area contributed by atoms with E-state index in [1.165, 1.54) is 25.8 Å². The van der Waals surface area contributed by atoms with Gasteiger partial charge in [-0.05, 0) is 17.0 Å². The first-order valence-corrected chi connectivity index (χ1v) is 11.9. The second-order valence-corrected chi connectivity index (χ2v) is 8.96. The molecule has 2 aromatic carbocycles. The average molecular weight is 473 g/mol. The summed E-state index contributed by atoms with van der Waals surface area (Å²) in [7, 11) is 1.36. The molecule has 0 fully saturated rings. The minimum atomic E-state index is -1.63. The zero-order valence-corrected chi connectivity index (χ0v) is 20.3. The van der Waals surface area contributed by atoms with Crippen molar-refractivity contribution < 1.29 is 23.9 Å². The second kappa shape index (κ2) is 13.0. The third-order valence-electron chi connectivity index (χ3n) is 4.94. The highest BCUT2D eigenvalue weighted by molar-refractivity contribution is 7.98. The lowest BCUT2D eigenvalue weighted by molar-refractivity contribution is -0.157. The van der Waals surface area contributed by atoms with Gasteiger partial charge in [0.15, 0.2) is 0 Å². The van der Waals surface area contributed by atoms with Crippen LogP contribution in [0.2, 0.25) is 0 Å². The number of rotatable bonds is 12. The number of amides is 2. The van der Waals surface area contributed by atoms with Crippen LogP contribution in [0.25, 0.3) is 0 Å². The summed E-state index contributed by atoms with van der Waals surface area (Å²) in [5, 5.41) is 5.36. The second-order valence-electron chi connectivity index (χ2n) is 7.98. The summed E-state index contributed by atoms with van der Waals surface area (Å²) in [6.45, 7) is 5.04. The van der Waals surface area contributed by atoms with E-state index in [0.717, 1.165) is 11.1 Å². The largest absolute Gasteiger partial charge is 0.459 e. The number of ether oxygens (including phenoxy) is 2. The third-order valence-corrected chi connectivity index (χ3v) is 6.09. The normalized spacial score (nSPS) is 13.6. The number of nitrogens with one attached hydrogen (secondary N) is 2. The molecule has 0 bridgehead atoms. The molecule has 0 heterocycles. The lowest BCUT2D eigenvalue weighted by Crippen LogP contribution is -2.64. The number of carbonyl (C=O) groups excluding carboxylic acids is 3. The van der Waals surface area contributed by atoms with Gasteiger partial charge in [0.05, 0.1) is 5.75 Å². The first-order chi connectivity index (χ1) is 15.8. The first-order valence-electron chi connectivity index (χ1n) is 10.7. The van der Waals surface area contributed by atoms with E-state index in [9.17, 15) is 14.4 Å². The lowest BCUT2D eigenvalue weighted by atomic mass is 10.0. The molecule has 0 aliphatic carbocycles. The molecule has 8 heteroatoms. The van der Waals surface area contributed by atoms with Gasteiger partial charge in [0.1, 0.15) is 12.6 Å². The monoisotopic (exact) mass is 472 g/mol. The summed E-state index contributed by atoms with van der Waals surface area (Å²) in [4.78, 5) is 38.0. The minimum absolute atomic E-state index is 0.104. The molecule has 7 nitrogen and oxygen atoms in total. The summed E-state index contributed by atoms with van der Waals surface area (Å²) < 4.78 is 11.0. The summed E-state index contributed by atoms with van der Waals surface area (Å²) in [6.07, 6.45) is 0. The zero-order chi connectivity index (χ0) is 24.3. The summed E-state index contributed by atoms with van der Waals surface area (Å²) in [6, 6.07) is 18.2. The van der Waals surface area contributed by atoms with Crippen molar-refractivity contribution in [1.29, 1.82) is 0 Å². The number of benzene rings is 2. The van der Waals surface area contributed by atoms with Crippen LogP contribution in [0.5, 0.6) is 0 Å². The van der Waals surface area contributed by atoms with Crippen LogP contribution in [0.1, 0.15) is 31.9 Å². The molecule has 33 heavy (non-hydrogen) atoms. The third kappa shape index (κ3) is 8.22. The Labute approximate surface area is 199 Å². The van der Waals surface area contributed by atoms with E-state index >= 15 is 0 Å². The van der Waals surface area contributed by atoms with Crippen LogP contribution in [0.3, 0.4) is 0 Å². The van der Waals surface area contributed by atoms with Crippen molar-refractivity contribution in [2.75, 3.05) is 12.9 Å². The summed E-state index contributed by atoms with van der Waals surface area (Å²) in [5.74, 6) is -1.01.